The van der Waals surface area contributed by atoms with Gasteiger partial charge in [0.1, 0.15) is 11.5 Å². The van der Waals surface area contributed by atoms with E-state index in [2.05, 4.69) is 19.7 Å². The third-order valence-electron chi connectivity index (χ3n) is 5.58. The number of para-hydroxylation sites is 2. The topological polar surface area (TPSA) is 87.1 Å². The summed E-state index contributed by atoms with van der Waals surface area (Å²) in [7, 11) is 1.77. The first-order valence-electron chi connectivity index (χ1n) is 9.95. The van der Waals surface area contributed by atoms with Crippen LogP contribution in [0.2, 0.25) is 0 Å². The van der Waals surface area contributed by atoms with Gasteiger partial charge in [0, 0.05) is 39.0 Å². The van der Waals surface area contributed by atoms with Gasteiger partial charge >= 0.3 is 0 Å². The number of H-pyrrole nitrogens is 1. The van der Waals surface area contributed by atoms with Crippen LogP contribution >= 0.6 is 0 Å². The molecule has 4 rings (SSSR count). The van der Waals surface area contributed by atoms with Crippen molar-refractivity contribution in [1.82, 2.24) is 29.5 Å². The lowest BCUT2D eigenvalue weighted by atomic mass is 10.1. The van der Waals surface area contributed by atoms with Gasteiger partial charge in [-0.3, -0.25) is 14.7 Å². The number of fused-ring (bicyclic) bond motifs is 1. The molecule has 1 saturated heterocycles. The number of aryl methyl sites for hydroxylation is 1. The standard InChI is InChI=1S/C21H26N6O2/c1-4-26-12-15(9-20(26)28)11-25(3)21(29)18-10-16(23-24-18)13-27-14(2)22-17-7-5-6-8-19(17)27/h5-8,10,15H,4,9,11-13H2,1-3H3,(H,23,24)/t15-/m1/s1. The molecular weight excluding hydrogens is 368 g/mol. The highest BCUT2D eigenvalue weighted by molar-refractivity contribution is 5.92. The second-order valence-corrected chi connectivity index (χ2v) is 7.70. The molecule has 0 spiro atoms. The summed E-state index contributed by atoms with van der Waals surface area (Å²) in [6.45, 7) is 6.50. The second kappa shape index (κ2) is 7.69. The van der Waals surface area contributed by atoms with E-state index in [-0.39, 0.29) is 17.7 Å². The zero-order valence-corrected chi connectivity index (χ0v) is 17.1. The summed E-state index contributed by atoms with van der Waals surface area (Å²) < 4.78 is 2.10. The van der Waals surface area contributed by atoms with E-state index < -0.39 is 0 Å². The number of rotatable bonds is 6. The number of aromatic nitrogens is 4. The molecule has 152 valence electrons. The van der Waals surface area contributed by atoms with Gasteiger partial charge in [0.05, 0.1) is 23.3 Å². The molecule has 0 saturated carbocycles. The highest BCUT2D eigenvalue weighted by Gasteiger charge is 2.30. The lowest BCUT2D eigenvalue weighted by Gasteiger charge is -2.20. The summed E-state index contributed by atoms with van der Waals surface area (Å²) in [6.07, 6.45) is 0.504. The fourth-order valence-electron chi connectivity index (χ4n) is 4.07. The number of benzene rings is 1. The predicted molar refractivity (Wildman–Crippen MR) is 109 cm³/mol. The zero-order valence-electron chi connectivity index (χ0n) is 17.1. The maximum atomic E-state index is 12.8. The van der Waals surface area contributed by atoms with Gasteiger partial charge in [-0.2, -0.15) is 5.10 Å². The second-order valence-electron chi connectivity index (χ2n) is 7.70. The Labute approximate surface area is 169 Å². The van der Waals surface area contributed by atoms with Crippen molar-refractivity contribution in [2.45, 2.75) is 26.8 Å². The van der Waals surface area contributed by atoms with Crippen LogP contribution in [-0.4, -0.2) is 68.0 Å². The molecule has 0 bridgehead atoms. The van der Waals surface area contributed by atoms with Gasteiger partial charge in [0.2, 0.25) is 5.91 Å². The van der Waals surface area contributed by atoms with E-state index in [0.717, 1.165) is 29.1 Å². The number of amides is 2. The van der Waals surface area contributed by atoms with Crippen LogP contribution in [0.1, 0.15) is 35.4 Å². The smallest absolute Gasteiger partial charge is 0.274 e. The van der Waals surface area contributed by atoms with E-state index >= 15 is 0 Å². The number of imidazole rings is 1. The maximum Gasteiger partial charge on any atom is 0.274 e. The van der Waals surface area contributed by atoms with E-state index in [1.807, 2.05) is 43.0 Å². The molecule has 8 nitrogen and oxygen atoms in total. The number of likely N-dealkylation sites (tertiary alicyclic amines) is 1. The molecule has 0 radical (unpaired) electrons. The minimum atomic E-state index is -0.137. The van der Waals surface area contributed by atoms with Crippen molar-refractivity contribution >= 4 is 22.8 Å². The summed E-state index contributed by atoms with van der Waals surface area (Å²) in [6, 6.07) is 9.78. The Morgan fingerprint density at radius 1 is 1.34 bits per heavy atom. The molecule has 0 unspecified atom stereocenters. The Morgan fingerprint density at radius 3 is 2.90 bits per heavy atom. The highest BCUT2D eigenvalue weighted by Crippen LogP contribution is 2.20. The quantitative estimate of drug-likeness (QED) is 0.693. The Bertz CT molecular complexity index is 1050. The van der Waals surface area contributed by atoms with E-state index in [1.54, 1.807) is 18.0 Å². The number of aromatic amines is 1. The zero-order chi connectivity index (χ0) is 20.5. The molecule has 2 aromatic heterocycles. The Morgan fingerprint density at radius 2 is 2.14 bits per heavy atom. The molecule has 1 fully saturated rings. The van der Waals surface area contributed by atoms with E-state index in [1.165, 1.54) is 0 Å². The normalized spacial score (nSPS) is 16.7. The highest BCUT2D eigenvalue weighted by atomic mass is 16.2. The summed E-state index contributed by atoms with van der Waals surface area (Å²) in [4.78, 5) is 32.8. The van der Waals surface area contributed by atoms with Gasteiger partial charge in [-0.1, -0.05) is 12.1 Å². The van der Waals surface area contributed by atoms with Crippen molar-refractivity contribution in [1.29, 1.82) is 0 Å². The predicted octanol–water partition coefficient (Wildman–Crippen LogP) is 2.06. The van der Waals surface area contributed by atoms with Gasteiger partial charge < -0.3 is 14.4 Å². The average molecular weight is 394 g/mol. The van der Waals surface area contributed by atoms with Crippen molar-refractivity contribution in [2.75, 3.05) is 26.7 Å². The van der Waals surface area contributed by atoms with Crippen molar-refractivity contribution in [3.63, 3.8) is 0 Å². The molecule has 8 heteroatoms. The van der Waals surface area contributed by atoms with E-state index in [0.29, 0.717) is 31.7 Å². The molecule has 1 aromatic carbocycles. The van der Waals surface area contributed by atoms with Crippen molar-refractivity contribution in [2.24, 2.45) is 5.92 Å². The van der Waals surface area contributed by atoms with Crippen LogP contribution in [0.25, 0.3) is 11.0 Å². The average Bonchev–Trinajstić information content (AvgIpc) is 3.39. The summed E-state index contributed by atoms with van der Waals surface area (Å²) >= 11 is 0. The number of nitrogens with one attached hydrogen (secondary N) is 1. The molecule has 1 aliphatic rings. The van der Waals surface area contributed by atoms with Gasteiger partial charge in [-0.25, -0.2) is 4.98 Å². The maximum absolute atomic E-state index is 12.8. The first-order chi connectivity index (χ1) is 14.0. The minimum Gasteiger partial charge on any atom is -0.343 e. The van der Waals surface area contributed by atoms with Crippen LogP contribution in [0, 0.1) is 12.8 Å². The van der Waals surface area contributed by atoms with Crippen LogP contribution in [-0.2, 0) is 11.3 Å². The summed E-state index contributed by atoms with van der Waals surface area (Å²) in [5, 5.41) is 7.20. The number of hydrogen-bond acceptors (Lipinski definition) is 4. The van der Waals surface area contributed by atoms with Gasteiger partial charge in [-0.15, -0.1) is 0 Å². The van der Waals surface area contributed by atoms with Crippen LogP contribution in [0.3, 0.4) is 0 Å². The van der Waals surface area contributed by atoms with Crippen LogP contribution in [0.5, 0.6) is 0 Å². The third kappa shape index (κ3) is 3.74. The van der Waals surface area contributed by atoms with Crippen molar-refractivity contribution in [3.8, 4) is 0 Å². The number of hydrogen-bond donors (Lipinski definition) is 1. The van der Waals surface area contributed by atoms with Gasteiger partial charge in [0.15, 0.2) is 0 Å². The lowest BCUT2D eigenvalue weighted by molar-refractivity contribution is -0.127. The Hall–Kier alpha value is -3.16. The number of carbonyl (C=O) groups excluding carboxylic acids is 2. The third-order valence-corrected chi connectivity index (χ3v) is 5.58. The minimum absolute atomic E-state index is 0.137. The molecule has 3 heterocycles. The molecule has 0 aliphatic carbocycles. The van der Waals surface area contributed by atoms with Crippen molar-refractivity contribution < 1.29 is 9.59 Å². The number of nitrogens with zero attached hydrogens (tertiary/aromatic N) is 5. The van der Waals surface area contributed by atoms with E-state index in [4.69, 9.17) is 0 Å². The lowest BCUT2D eigenvalue weighted by Crippen LogP contribution is -2.33. The van der Waals surface area contributed by atoms with Crippen LogP contribution < -0.4 is 0 Å². The van der Waals surface area contributed by atoms with Crippen LogP contribution in [0.15, 0.2) is 30.3 Å². The molecule has 1 aliphatic heterocycles. The number of carbonyl (C=O) groups is 2. The molecule has 3 aromatic rings. The Kier molecular flexibility index (Phi) is 5.08. The first-order valence-corrected chi connectivity index (χ1v) is 9.95. The monoisotopic (exact) mass is 394 g/mol. The SMILES string of the molecule is CCN1C[C@@H](CN(C)C(=O)c2cc(Cn3c(C)nc4ccccc43)[nH]n2)CC1=O. The fourth-order valence-corrected chi connectivity index (χ4v) is 4.07. The van der Waals surface area contributed by atoms with E-state index in [9.17, 15) is 9.59 Å². The molecule has 1 N–H and O–H groups in total. The molecule has 2 amide bonds. The molecule has 29 heavy (non-hydrogen) atoms. The molecular formula is C21H26N6O2. The van der Waals surface area contributed by atoms with Crippen LogP contribution in [0.4, 0.5) is 0 Å². The van der Waals surface area contributed by atoms with Gasteiger partial charge in [0.25, 0.3) is 5.91 Å². The Balaban J connectivity index is 1.44. The first kappa shape index (κ1) is 19.2. The summed E-state index contributed by atoms with van der Waals surface area (Å²) in [5.74, 6) is 1.12. The van der Waals surface area contributed by atoms with Gasteiger partial charge in [-0.05, 0) is 32.0 Å². The molecule has 1 atom stereocenters. The van der Waals surface area contributed by atoms with Crippen molar-refractivity contribution in [3.05, 3.63) is 47.5 Å². The fraction of sp³-hybridized carbons (Fsp3) is 0.429. The largest absolute Gasteiger partial charge is 0.343 e. The summed E-state index contributed by atoms with van der Waals surface area (Å²) in [5.41, 5.74) is 3.24.